The number of hydrogen-bond acceptors (Lipinski definition) is 3. The summed E-state index contributed by atoms with van der Waals surface area (Å²) in [4.78, 5) is 12.1. The lowest BCUT2D eigenvalue weighted by atomic mass is 9.62. The third-order valence-electron chi connectivity index (χ3n) is 3.49. The molecule has 3 nitrogen and oxygen atoms in total. The monoisotopic (exact) mass is 304 g/mol. The van der Waals surface area contributed by atoms with Gasteiger partial charge in [-0.2, -0.15) is 0 Å². The smallest absolute Gasteiger partial charge is 0.317 e. The lowest BCUT2D eigenvalue weighted by Crippen LogP contribution is -2.55. The minimum absolute atomic E-state index is 0.149. The molecule has 1 aromatic carbocycles. The molecule has 0 N–H and O–H groups in total. The first-order valence-corrected chi connectivity index (χ1v) is 6.61. The average molecular weight is 305 g/mol. The Morgan fingerprint density at radius 1 is 1.40 bits per heavy atom. The van der Waals surface area contributed by atoms with Crippen LogP contribution in [0.15, 0.2) is 18.2 Å². The molecule has 0 amide bonds. The Morgan fingerprint density at radius 3 is 2.50 bits per heavy atom. The lowest BCUT2D eigenvalue weighted by Gasteiger charge is -2.45. The molecule has 0 spiro atoms. The van der Waals surface area contributed by atoms with E-state index in [1.807, 2.05) is 0 Å². The first kappa shape index (κ1) is 15.0. The predicted molar refractivity (Wildman–Crippen MR) is 70.5 cm³/mol. The highest BCUT2D eigenvalue weighted by Gasteiger charge is 2.62. The van der Waals surface area contributed by atoms with Gasteiger partial charge in [0.05, 0.1) is 18.7 Å². The zero-order valence-corrected chi connectivity index (χ0v) is 12.0. The maximum Gasteiger partial charge on any atom is 0.317 e. The summed E-state index contributed by atoms with van der Waals surface area (Å²) in [5, 5.41) is 0.281. The van der Waals surface area contributed by atoms with Gasteiger partial charge in [-0.1, -0.05) is 17.7 Å². The van der Waals surface area contributed by atoms with Gasteiger partial charge in [0.1, 0.15) is 11.2 Å². The SMILES string of the molecule is CCOC(=O)C1(c2ccc(OC)c(Cl)c2)CC(F)(F)C1. The molecule has 0 saturated heterocycles. The van der Waals surface area contributed by atoms with Crippen molar-refractivity contribution in [1.82, 2.24) is 0 Å². The second kappa shape index (κ2) is 5.20. The molecule has 0 aliphatic heterocycles. The van der Waals surface area contributed by atoms with Crippen molar-refractivity contribution >= 4 is 17.6 Å². The van der Waals surface area contributed by atoms with Gasteiger partial charge in [-0.05, 0) is 24.6 Å². The Balaban J connectivity index is 2.38. The molecule has 1 fully saturated rings. The molecule has 0 aromatic heterocycles. The Kier molecular flexibility index (Phi) is 3.91. The van der Waals surface area contributed by atoms with Crippen LogP contribution in [0.2, 0.25) is 5.02 Å². The second-order valence-corrected chi connectivity index (χ2v) is 5.27. The van der Waals surface area contributed by atoms with Crippen LogP contribution in [-0.4, -0.2) is 25.6 Å². The zero-order valence-electron chi connectivity index (χ0n) is 11.2. The minimum Gasteiger partial charge on any atom is -0.495 e. The second-order valence-electron chi connectivity index (χ2n) is 4.86. The fraction of sp³-hybridized carbons (Fsp3) is 0.500. The Morgan fingerprint density at radius 2 is 2.05 bits per heavy atom. The summed E-state index contributed by atoms with van der Waals surface area (Å²) in [6.45, 7) is 1.79. The van der Waals surface area contributed by atoms with Crippen LogP contribution in [-0.2, 0) is 14.9 Å². The van der Waals surface area contributed by atoms with Crippen LogP contribution in [0.3, 0.4) is 0 Å². The van der Waals surface area contributed by atoms with Crippen molar-refractivity contribution in [2.24, 2.45) is 0 Å². The molecule has 20 heavy (non-hydrogen) atoms. The van der Waals surface area contributed by atoms with Crippen LogP contribution >= 0.6 is 11.6 Å². The molecule has 0 unspecified atom stereocenters. The fourth-order valence-corrected chi connectivity index (χ4v) is 2.79. The Hall–Kier alpha value is -1.36. The van der Waals surface area contributed by atoms with Crippen LogP contribution in [0, 0.1) is 0 Å². The van der Waals surface area contributed by atoms with Crippen LogP contribution in [0.1, 0.15) is 25.3 Å². The molecule has 1 saturated carbocycles. The van der Waals surface area contributed by atoms with E-state index < -0.39 is 30.1 Å². The van der Waals surface area contributed by atoms with E-state index >= 15 is 0 Å². The van der Waals surface area contributed by atoms with Gasteiger partial charge < -0.3 is 9.47 Å². The molecule has 2 rings (SSSR count). The van der Waals surface area contributed by atoms with Crippen molar-refractivity contribution in [3.8, 4) is 5.75 Å². The van der Waals surface area contributed by atoms with Crippen molar-refractivity contribution in [3.63, 3.8) is 0 Å². The molecule has 0 radical (unpaired) electrons. The van der Waals surface area contributed by atoms with E-state index in [-0.39, 0.29) is 11.6 Å². The summed E-state index contributed by atoms with van der Waals surface area (Å²) in [5.41, 5.74) is -0.872. The standard InChI is InChI=1S/C14H15ClF2O3/c1-3-20-12(18)13(7-14(16,17)8-13)9-4-5-11(19-2)10(15)6-9/h4-6H,3,7-8H2,1-2H3. The van der Waals surface area contributed by atoms with Gasteiger partial charge in [0, 0.05) is 12.8 Å². The number of rotatable bonds is 4. The molecule has 0 bridgehead atoms. The van der Waals surface area contributed by atoms with Gasteiger partial charge in [-0.15, -0.1) is 0 Å². The highest BCUT2D eigenvalue weighted by Crippen LogP contribution is 2.54. The summed E-state index contributed by atoms with van der Waals surface area (Å²) in [6, 6.07) is 4.64. The normalized spacial score (nSPS) is 19.1. The summed E-state index contributed by atoms with van der Waals surface area (Å²) in [7, 11) is 1.46. The van der Waals surface area contributed by atoms with Crippen LogP contribution in [0.25, 0.3) is 0 Å². The summed E-state index contributed by atoms with van der Waals surface area (Å²) in [6.07, 6.45) is -1.11. The third kappa shape index (κ3) is 2.46. The maximum absolute atomic E-state index is 13.3. The van der Waals surface area contributed by atoms with E-state index in [0.29, 0.717) is 11.3 Å². The van der Waals surface area contributed by atoms with E-state index in [2.05, 4.69) is 0 Å². The lowest BCUT2D eigenvalue weighted by molar-refractivity contribution is -0.179. The van der Waals surface area contributed by atoms with E-state index in [0.717, 1.165) is 0 Å². The van der Waals surface area contributed by atoms with Gasteiger partial charge in [0.15, 0.2) is 0 Å². The van der Waals surface area contributed by atoms with Gasteiger partial charge >= 0.3 is 5.97 Å². The first-order valence-electron chi connectivity index (χ1n) is 6.24. The van der Waals surface area contributed by atoms with Crippen LogP contribution < -0.4 is 4.74 Å². The fourth-order valence-electron chi connectivity index (χ4n) is 2.53. The van der Waals surface area contributed by atoms with E-state index in [4.69, 9.17) is 21.1 Å². The van der Waals surface area contributed by atoms with Gasteiger partial charge in [-0.3, -0.25) is 4.79 Å². The topological polar surface area (TPSA) is 35.5 Å². The third-order valence-corrected chi connectivity index (χ3v) is 3.79. The summed E-state index contributed by atoms with van der Waals surface area (Å²) < 4.78 is 36.6. The number of methoxy groups -OCH3 is 1. The van der Waals surface area contributed by atoms with Crippen LogP contribution in [0.5, 0.6) is 5.75 Å². The molecule has 1 aliphatic rings. The number of halogens is 3. The predicted octanol–water partition coefficient (Wildman–Crippen LogP) is 3.58. The van der Waals surface area contributed by atoms with E-state index in [9.17, 15) is 13.6 Å². The molecule has 110 valence electrons. The number of esters is 1. The maximum atomic E-state index is 13.3. The van der Waals surface area contributed by atoms with Gasteiger partial charge in [0.2, 0.25) is 0 Å². The number of ether oxygens (including phenoxy) is 2. The number of hydrogen-bond donors (Lipinski definition) is 0. The van der Waals surface area contributed by atoms with Crippen molar-refractivity contribution in [3.05, 3.63) is 28.8 Å². The van der Waals surface area contributed by atoms with Crippen LogP contribution in [0.4, 0.5) is 8.78 Å². The molecule has 1 aliphatic carbocycles. The quantitative estimate of drug-likeness (QED) is 0.798. The summed E-state index contributed by atoms with van der Waals surface area (Å²) >= 11 is 6.00. The van der Waals surface area contributed by atoms with Gasteiger partial charge in [0.25, 0.3) is 5.92 Å². The molecule has 6 heteroatoms. The Bertz CT molecular complexity index is 523. The average Bonchev–Trinajstić information content (AvgIpc) is 2.35. The van der Waals surface area contributed by atoms with Crippen molar-refractivity contribution in [2.45, 2.75) is 31.1 Å². The highest BCUT2D eigenvalue weighted by atomic mass is 35.5. The number of carbonyl (C=O) groups is 1. The molecule has 0 atom stereocenters. The van der Waals surface area contributed by atoms with Crippen molar-refractivity contribution in [2.75, 3.05) is 13.7 Å². The van der Waals surface area contributed by atoms with E-state index in [1.54, 1.807) is 19.1 Å². The minimum atomic E-state index is -2.85. The molecule has 0 heterocycles. The summed E-state index contributed by atoms with van der Waals surface area (Å²) in [5.74, 6) is -3.05. The molecular weight excluding hydrogens is 290 g/mol. The number of carbonyl (C=O) groups excluding carboxylic acids is 1. The van der Waals surface area contributed by atoms with Crippen molar-refractivity contribution < 1.29 is 23.0 Å². The first-order chi connectivity index (χ1) is 9.34. The highest BCUT2D eigenvalue weighted by molar-refractivity contribution is 6.32. The van der Waals surface area contributed by atoms with Gasteiger partial charge in [-0.25, -0.2) is 8.78 Å². The Labute approximate surface area is 120 Å². The van der Waals surface area contributed by atoms with Crippen molar-refractivity contribution in [1.29, 1.82) is 0 Å². The number of benzene rings is 1. The molecular formula is C14H15ClF2O3. The largest absolute Gasteiger partial charge is 0.495 e. The van der Waals surface area contributed by atoms with E-state index in [1.165, 1.54) is 13.2 Å². The molecule has 1 aromatic rings. The number of alkyl halides is 2. The zero-order chi connectivity index (χ0) is 15.0.